The fourth-order valence-electron chi connectivity index (χ4n) is 3.35. The number of hydrogen-bond donors (Lipinski definition) is 3. The summed E-state index contributed by atoms with van der Waals surface area (Å²) in [5.41, 5.74) is 10.6. The van der Waals surface area contributed by atoms with Gasteiger partial charge in [-0.2, -0.15) is 15.1 Å². The lowest BCUT2D eigenvalue weighted by Gasteiger charge is -2.07. The van der Waals surface area contributed by atoms with Crippen LogP contribution < -0.4 is 11.1 Å². The van der Waals surface area contributed by atoms with Crippen molar-refractivity contribution in [3.63, 3.8) is 0 Å². The number of hydrogen-bond acceptors (Lipinski definition) is 6. The molecule has 0 aliphatic rings. The number of aromatic amines is 1. The highest BCUT2D eigenvalue weighted by Crippen LogP contribution is 2.36. The zero-order chi connectivity index (χ0) is 18.4. The molecule has 8 nitrogen and oxygen atoms in total. The Labute approximate surface area is 154 Å². The lowest BCUT2D eigenvalue weighted by Crippen LogP contribution is -2.03. The minimum absolute atomic E-state index is 0.218. The Kier molecular flexibility index (Phi) is 3.29. The van der Waals surface area contributed by atoms with Gasteiger partial charge in [0.25, 0.3) is 0 Å². The van der Waals surface area contributed by atoms with Crippen LogP contribution in [0, 0.1) is 0 Å². The normalized spacial score (nSPS) is 11.3. The molecule has 0 saturated carbocycles. The summed E-state index contributed by atoms with van der Waals surface area (Å²) in [5.74, 6) is 0.903. The number of rotatable bonds is 3. The van der Waals surface area contributed by atoms with Crippen molar-refractivity contribution in [3.05, 3.63) is 55.1 Å². The van der Waals surface area contributed by atoms with Gasteiger partial charge in [0, 0.05) is 42.3 Å². The second-order valence-electron chi connectivity index (χ2n) is 6.17. The van der Waals surface area contributed by atoms with Crippen LogP contribution in [-0.4, -0.2) is 36.8 Å². The van der Waals surface area contributed by atoms with Gasteiger partial charge in [-0.1, -0.05) is 0 Å². The Morgan fingerprint density at radius 2 is 1.96 bits per heavy atom. The number of pyridine rings is 1. The van der Waals surface area contributed by atoms with E-state index in [1.807, 2.05) is 48.1 Å². The quantitative estimate of drug-likeness (QED) is 0.458. The molecule has 5 aromatic rings. The minimum atomic E-state index is 0.218. The van der Waals surface area contributed by atoms with Crippen molar-refractivity contribution < 1.29 is 0 Å². The summed E-state index contributed by atoms with van der Waals surface area (Å²) in [6.45, 7) is 0. The number of H-pyrrole nitrogens is 1. The molecule has 0 radical (unpaired) electrons. The SMILES string of the molecule is CNc1nc(N)nc2c1c(-c1ccncc1)cn2-c1ccc2cn[nH]c2c1. The molecule has 0 fully saturated rings. The van der Waals surface area contributed by atoms with E-state index in [0.29, 0.717) is 5.82 Å². The predicted molar refractivity (Wildman–Crippen MR) is 106 cm³/mol. The maximum Gasteiger partial charge on any atom is 0.224 e. The largest absolute Gasteiger partial charge is 0.372 e. The molecule has 0 bridgehead atoms. The molecular formula is C19H16N8. The molecule has 0 spiro atoms. The van der Waals surface area contributed by atoms with Crippen LogP contribution in [0.5, 0.6) is 0 Å². The van der Waals surface area contributed by atoms with Gasteiger partial charge in [-0.25, -0.2) is 0 Å². The standard InChI is InChI=1S/C19H16N8/c1-21-17-16-14(11-4-6-22-7-5-11)10-27(18(16)25-19(20)24-17)13-3-2-12-9-23-26-15(12)8-13/h2-10H,1H3,(H,23,26)(H3,20,21,24,25). The van der Waals surface area contributed by atoms with Gasteiger partial charge in [0.15, 0.2) is 5.65 Å². The van der Waals surface area contributed by atoms with E-state index < -0.39 is 0 Å². The maximum atomic E-state index is 5.97. The number of nitrogens with zero attached hydrogens (tertiary/aromatic N) is 5. The summed E-state index contributed by atoms with van der Waals surface area (Å²) in [6.07, 6.45) is 7.39. The zero-order valence-corrected chi connectivity index (χ0v) is 14.5. The monoisotopic (exact) mass is 356 g/mol. The Morgan fingerprint density at radius 1 is 1.11 bits per heavy atom. The molecule has 0 aliphatic heterocycles. The average molecular weight is 356 g/mol. The van der Waals surface area contributed by atoms with Gasteiger partial charge in [0.2, 0.25) is 5.95 Å². The van der Waals surface area contributed by atoms with E-state index >= 15 is 0 Å². The number of aromatic nitrogens is 6. The van der Waals surface area contributed by atoms with E-state index in [1.165, 1.54) is 0 Å². The second-order valence-corrected chi connectivity index (χ2v) is 6.17. The van der Waals surface area contributed by atoms with E-state index in [4.69, 9.17) is 5.73 Å². The van der Waals surface area contributed by atoms with Gasteiger partial charge in [-0.15, -0.1) is 0 Å². The number of nitrogen functional groups attached to an aromatic ring is 1. The van der Waals surface area contributed by atoms with Crippen molar-refractivity contribution in [2.24, 2.45) is 0 Å². The summed E-state index contributed by atoms with van der Waals surface area (Å²) in [5, 5.41) is 12.2. The summed E-state index contributed by atoms with van der Waals surface area (Å²) >= 11 is 0. The van der Waals surface area contributed by atoms with Crippen molar-refractivity contribution >= 4 is 33.7 Å². The third-order valence-electron chi connectivity index (χ3n) is 4.59. The van der Waals surface area contributed by atoms with Crippen molar-refractivity contribution in [1.29, 1.82) is 0 Å². The summed E-state index contributed by atoms with van der Waals surface area (Å²) < 4.78 is 2.02. The fraction of sp³-hybridized carbons (Fsp3) is 0.0526. The Balaban J connectivity index is 1.86. The van der Waals surface area contributed by atoms with E-state index in [9.17, 15) is 0 Å². The predicted octanol–water partition coefficient (Wildman–Crippen LogP) is 2.98. The topological polar surface area (TPSA) is 110 Å². The minimum Gasteiger partial charge on any atom is -0.372 e. The van der Waals surface area contributed by atoms with E-state index in [2.05, 4.69) is 30.5 Å². The first-order chi connectivity index (χ1) is 13.2. The lowest BCUT2D eigenvalue weighted by atomic mass is 10.1. The van der Waals surface area contributed by atoms with E-state index in [1.54, 1.807) is 18.6 Å². The van der Waals surface area contributed by atoms with E-state index in [0.717, 1.165) is 38.8 Å². The molecule has 0 aliphatic carbocycles. The number of nitrogens with two attached hydrogens (primary N) is 1. The summed E-state index contributed by atoms with van der Waals surface area (Å²) in [6, 6.07) is 10.0. The lowest BCUT2D eigenvalue weighted by molar-refractivity contribution is 1.08. The van der Waals surface area contributed by atoms with Gasteiger partial charge in [-0.05, 0) is 35.9 Å². The molecule has 8 heteroatoms. The molecule has 0 unspecified atom stereocenters. The van der Waals surface area contributed by atoms with Crippen LogP contribution in [0.4, 0.5) is 11.8 Å². The third-order valence-corrected chi connectivity index (χ3v) is 4.59. The highest BCUT2D eigenvalue weighted by atomic mass is 15.1. The third kappa shape index (κ3) is 2.38. The first-order valence-corrected chi connectivity index (χ1v) is 8.45. The Morgan fingerprint density at radius 3 is 2.78 bits per heavy atom. The van der Waals surface area contributed by atoms with Crippen molar-refractivity contribution in [2.45, 2.75) is 0 Å². The van der Waals surface area contributed by atoms with Gasteiger partial charge < -0.3 is 15.6 Å². The molecular weight excluding hydrogens is 340 g/mol. The Bertz CT molecular complexity index is 1270. The van der Waals surface area contributed by atoms with Crippen molar-refractivity contribution in [3.8, 4) is 16.8 Å². The molecule has 0 atom stereocenters. The fourth-order valence-corrected chi connectivity index (χ4v) is 3.35. The van der Waals surface area contributed by atoms with Crippen LogP contribution in [0.2, 0.25) is 0 Å². The second kappa shape index (κ2) is 5.80. The number of anilines is 2. The van der Waals surface area contributed by atoms with Crippen LogP contribution in [0.1, 0.15) is 0 Å². The molecule has 4 N–H and O–H groups in total. The van der Waals surface area contributed by atoms with Crippen molar-refractivity contribution in [1.82, 2.24) is 29.7 Å². The van der Waals surface area contributed by atoms with Gasteiger partial charge in [-0.3, -0.25) is 10.1 Å². The highest BCUT2D eigenvalue weighted by molar-refractivity contribution is 6.02. The highest BCUT2D eigenvalue weighted by Gasteiger charge is 2.18. The summed E-state index contributed by atoms with van der Waals surface area (Å²) in [7, 11) is 1.82. The average Bonchev–Trinajstić information content (AvgIpc) is 3.32. The molecule has 5 rings (SSSR count). The number of benzene rings is 1. The van der Waals surface area contributed by atoms with Crippen LogP contribution in [0.15, 0.2) is 55.1 Å². The first kappa shape index (κ1) is 15.3. The van der Waals surface area contributed by atoms with Crippen LogP contribution in [-0.2, 0) is 0 Å². The smallest absolute Gasteiger partial charge is 0.224 e. The van der Waals surface area contributed by atoms with E-state index in [-0.39, 0.29) is 5.95 Å². The van der Waals surface area contributed by atoms with Crippen molar-refractivity contribution in [2.75, 3.05) is 18.1 Å². The van der Waals surface area contributed by atoms with Crippen LogP contribution in [0.25, 0.3) is 38.8 Å². The van der Waals surface area contributed by atoms with Gasteiger partial charge >= 0.3 is 0 Å². The van der Waals surface area contributed by atoms with Gasteiger partial charge in [0.1, 0.15) is 5.82 Å². The first-order valence-electron chi connectivity index (χ1n) is 8.45. The molecule has 132 valence electrons. The zero-order valence-electron chi connectivity index (χ0n) is 14.5. The molecule has 0 saturated heterocycles. The van der Waals surface area contributed by atoms with Crippen LogP contribution in [0.3, 0.4) is 0 Å². The Hall–Kier alpha value is -3.94. The summed E-state index contributed by atoms with van der Waals surface area (Å²) in [4.78, 5) is 13.0. The number of nitrogens with one attached hydrogen (secondary N) is 2. The number of fused-ring (bicyclic) bond motifs is 2. The van der Waals surface area contributed by atoms with Gasteiger partial charge in [0.05, 0.1) is 17.1 Å². The molecule has 4 heterocycles. The molecule has 4 aromatic heterocycles. The molecule has 0 amide bonds. The molecule has 27 heavy (non-hydrogen) atoms. The molecule has 1 aromatic carbocycles. The van der Waals surface area contributed by atoms with Crippen LogP contribution >= 0.6 is 0 Å². The maximum absolute atomic E-state index is 5.97.